The van der Waals surface area contributed by atoms with Crippen LogP contribution in [0.15, 0.2) is 12.4 Å². The molecular weight excluding hydrogens is 194 g/mol. The minimum absolute atomic E-state index is 0.189. The molecule has 15 heavy (non-hydrogen) atoms. The second-order valence-corrected chi connectivity index (χ2v) is 3.14. The molecule has 1 heterocycles. The number of aliphatic hydroxyl groups excluding tert-OH is 1. The molecule has 84 valence electrons. The zero-order valence-corrected chi connectivity index (χ0v) is 8.94. The lowest BCUT2D eigenvalue weighted by Gasteiger charge is -2.05. The molecule has 0 aromatic carbocycles. The van der Waals surface area contributed by atoms with E-state index < -0.39 is 0 Å². The van der Waals surface area contributed by atoms with Gasteiger partial charge in [0.05, 0.1) is 6.61 Å². The molecule has 1 rings (SSSR count). The first-order valence-electron chi connectivity index (χ1n) is 5.01. The Bertz CT molecular complexity index is 281. The molecule has 5 heteroatoms. The number of nitrogens with one attached hydrogen (secondary N) is 1. The highest BCUT2D eigenvalue weighted by Gasteiger charge is 1.97. The van der Waals surface area contributed by atoms with Gasteiger partial charge in [-0.25, -0.2) is 9.97 Å². The Kier molecular flexibility index (Phi) is 5.65. The zero-order valence-electron chi connectivity index (χ0n) is 8.94. The van der Waals surface area contributed by atoms with E-state index >= 15 is 0 Å². The van der Waals surface area contributed by atoms with Crippen molar-refractivity contribution in [1.29, 1.82) is 0 Å². The summed E-state index contributed by atoms with van der Waals surface area (Å²) in [5.74, 6) is 0.796. The molecule has 0 bridgehead atoms. The van der Waals surface area contributed by atoms with Crippen molar-refractivity contribution in [3.8, 4) is 0 Å². The molecule has 0 aliphatic heterocycles. The molecular formula is C10H17N3O2. The van der Waals surface area contributed by atoms with Gasteiger partial charge in [0, 0.05) is 38.4 Å². The van der Waals surface area contributed by atoms with Crippen LogP contribution in [0.4, 0.5) is 5.82 Å². The average molecular weight is 211 g/mol. The van der Waals surface area contributed by atoms with Crippen molar-refractivity contribution >= 4 is 5.82 Å². The summed E-state index contributed by atoms with van der Waals surface area (Å²) in [6.45, 7) is 1.57. The minimum Gasteiger partial charge on any atom is -0.396 e. The van der Waals surface area contributed by atoms with Crippen LogP contribution in [0.1, 0.15) is 12.1 Å². The van der Waals surface area contributed by atoms with Crippen LogP contribution in [0, 0.1) is 0 Å². The topological polar surface area (TPSA) is 67.3 Å². The van der Waals surface area contributed by atoms with Crippen molar-refractivity contribution in [2.45, 2.75) is 12.8 Å². The van der Waals surface area contributed by atoms with Crippen molar-refractivity contribution in [3.63, 3.8) is 0 Å². The molecule has 0 atom stereocenters. The summed E-state index contributed by atoms with van der Waals surface area (Å²) in [7, 11) is 1.67. The molecule has 0 fully saturated rings. The van der Waals surface area contributed by atoms with Crippen LogP contribution in [0.3, 0.4) is 0 Å². The van der Waals surface area contributed by atoms with Gasteiger partial charge in [0.15, 0.2) is 0 Å². The number of nitrogens with zero attached hydrogens (tertiary/aromatic N) is 2. The molecule has 0 saturated carbocycles. The van der Waals surface area contributed by atoms with Crippen molar-refractivity contribution in [2.24, 2.45) is 0 Å². The van der Waals surface area contributed by atoms with E-state index in [1.165, 1.54) is 6.33 Å². The Morgan fingerprint density at radius 1 is 1.47 bits per heavy atom. The molecule has 2 N–H and O–H groups in total. The predicted octanol–water partition coefficient (Wildman–Crippen LogP) is 0.460. The number of rotatable bonds is 7. The minimum atomic E-state index is 0.189. The maximum atomic E-state index is 8.63. The maximum Gasteiger partial charge on any atom is 0.129 e. The maximum absolute atomic E-state index is 8.63. The van der Waals surface area contributed by atoms with Gasteiger partial charge in [0.1, 0.15) is 12.1 Å². The third-order valence-electron chi connectivity index (χ3n) is 1.93. The summed E-state index contributed by atoms with van der Waals surface area (Å²) in [5, 5.41) is 11.7. The van der Waals surface area contributed by atoms with Crippen molar-refractivity contribution < 1.29 is 9.84 Å². The highest BCUT2D eigenvalue weighted by molar-refractivity contribution is 5.34. The Morgan fingerprint density at radius 2 is 2.33 bits per heavy atom. The van der Waals surface area contributed by atoms with Gasteiger partial charge in [-0.05, 0) is 6.42 Å². The van der Waals surface area contributed by atoms with E-state index in [0.717, 1.165) is 30.9 Å². The summed E-state index contributed by atoms with van der Waals surface area (Å²) in [6.07, 6.45) is 3.04. The lowest BCUT2D eigenvalue weighted by atomic mass is 10.3. The number of aliphatic hydroxyl groups is 1. The second-order valence-electron chi connectivity index (χ2n) is 3.14. The van der Waals surface area contributed by atoms with Crippen LogP contribution in [0.2, 0.25) is 0 Å². The Morgan fingerprint density at radius 3 is 3.07 bits per heavy atom. The fraction of sp³-hybridized carbons (Fsp3) is 0.600. The largest absolute Gasteiger partial charge is 0.396 e. The van der Waals surface area contributed by atoms with Gasteiger partial charge in [0.25, 0.3) is 0 Å². The first kappa shape index (κ1) is 11.9. The first-order chi connectivity index (χ1) is 7.36. The lowest BCUT2D eigenvalue weighted by Crippen LogP contribution is -2.06. The number of methoxy groups -OCH3 is 1. The number of anilines is 1. The monoisotopic (exact) mass is 211 g/mol. The van der Waals surface area contributed by atoms with Gasteiger partial charge < -0.3 is 15.2 Å². The van der Waals surface area contributed by atoms with E-state index in [0.29, 0.717) is 6.61 Å². The SMILES string of the molecule is COCCc1cc(NCCCO)ncn1. The summed E-state index contributed by atoms with van der Waals surface area (Å²) >= 11 is 0. The Labute approximate surface area is 89.5 Å². The summed E-state index contributed by atoms with van der Waals surface area (Å²) in [4.78, 5) is 8.20. The van der Waals surface area contributed by atoms with Crippen LogP contribution in [-0.2, 0) is 11.2 Å². The first-order valence-corrected chi connectivity index (χ1v) is 5.01. The molecule has 0 aliphatic carbocycles. The van der Waals surface area contributed by atoms with Crippen LogP contribution in [0.5, 0.6) is 0 Å². The van der Waals surface area contributed by atoms with Gasteiger partial charge in [-0.15, -0.1) is 0 Å². The third-order valence-corrected chi connectivity index (χ3v) is 1.93. The summed E-state index contributed by atoms with van der Waals surface area (Å²) in [5.41, 5.74) is 0.957. The van der Waals surface area contributed by atoms with E-state index in [1.807, 2.05) is 6.07 Å². The fourth-order valence-electron chi connectivity index (χ4n) is 1.13. The lowest BCUT2D eigenvalue weighted by molar-refractivity contribution is 0.201. The molecule has 0 aliphatic rings. The number of aromatic nitrogens is 2. The van der Waals surface area contributed by atoms with Gasteiger partial charge >= 0.3 is 0 Å². The normalized spacial score (nSPS) is 10.3. The van der Waals surface area contributed by atoms with Crippen LogP contribution < -0.4 is 5.32 Å². The van der Waals surface area contributed by atoms with Crippen molar-refractivity contribution in [1.82, 2.24) is 9.97 Å². The van der Waals surface area contributed by atoms with Crippen molar-refractivity contribution in [3.05, 3.63) is 18.1 Å². The smallest absolute Gasteiger partial charge is 0.129 e. The van der Waals surface area contributed by atoms with E-state index in [9.17, 15) is 0 Å². The summed E-state index contributed by atoms with van der Waals surface area (Å²) < 4.78 is 4.97. The van der Waals surface area contributed by atoms with Gasteiger partial charge in [-0.3, -0.25) is 0 Å². The molecule has 0 saturated heterocycles. The molecule has 0 spiro atoms. The van der Waals surface area contributed by atoms with E-state index in [1.54, 1.807) is 7.11 Å². The highest BCUT2D eigenvalue weighted by Crippen LogP contribution is 2.04. The van der Waals surface area contributed by atoms with Crippen LogP contribution >= 0.6 is 0 Å². The zero-order chi connectivity index (χ0) is 10.9. The Balaban J connectivity index is 2.42. The van der Waals surface area contributed by atoms with Crippen LogP contribution in [-0.4, -0.2) is 41.9 Å². The second kappa shape index (κ2) is 7.14. The standard InChI is InChI=1S/C10H17N3O2/c1-15-6-3-9-7-10(13-8-12-9)11-4-2-5-14/h7-8,14H,2-6H2,1H3,(H,11,12,13). The van der Waals surface area contributed by atoms with Gasteiger partial charge in [-0.2, -0.15) is 0 Å². The average Bonchev–Trinajstić information content (AvgIpc) is 2.27. The quantitative estimate of drug-likeness (QED) is 0.641. The van der Waals surface area contributed by atoms with E-state index in [4.69, 9.17) is 9.84 Å². The number of hydrogen-bond donors (Lipinski definition) is 2. The van der Waals surface area contributed by atoms with E-state index in [2.05, 4.69) is 15.3 Å². The molecule has 1 aromatic rings. The van der Waals surface area contributed by atoms with Crippen LogP contribution in [0.25, 0.3) is 0 Å². The molecule has 1 aromatic heterocycles. The molecule has 0 amide bonds. The molecule has 5 nitrogen and oxygen atoms in total. The van der Waals surface area contributed by atoms with Gasteiger partial charge in [-0.1, -0.05) is 0 Å². The van der Waals surface area contributed by atoms with E-state index in [-0.39, 0.29) is 6.61 Å². The summed E-state index contributed by atoms with van der Waals surface area (Å²) in [6, 6.07) is 1.90. The Hall–Kier alpha value is -1.20. The third kappa shape index (κ3) is 4.71. The van der Waals surface area contributed by atoms with Crippen molar-refractivity contribution in [2.75, 3.05) is 32.2 Å². The molecule has 0 radical (unpaired) electrons. The predicted molar refractivity (Wildman–Crippen MR) is 57.8 cm³/mol. The molecule has 0 unspecified atom stereocenters. The fourth-order valence-corrected chi connectivity index (χ4v) is 1.13. The number of hydrogen-bond acceptors (Lipinski definition) is 5. The number of ether oxygens (including phenoxy) is 1. The van der Waals surface area contributed by atoms with Gasteiger partial charge in [0.2, 0.25) is 0 Å². The highest BCUT2D eigenvalue weighted by atomic mass is 16.5.